The molecule has 0 aromatic carbocycles. The zero-order valence-electron chi connectivity index (χ0n) is 10.3. The Morgan fingerprint density at radius 1 is 1.53 bits per heavy atom. The second kappa shape index (κ2) is 5.05. The first-order chi connectivity index (χ1) is 9.02. The molecule has 2 rings (SSSR count). The van der Waals surface area contributed by atoms with Gasteiger partial charge < -0.3 is 10.8 Å². The minimum Gasteiger partial charge on any atom is -0.477 e. The quantitative estimate of drug-likeness (QED) is 0.812. The van der Waals surface area contributed by atoms with Crippen LogP contribution in [-0.2, 0) is 13.0 Å². The van der Waals surface area contributed by atoms with Gasteiger partial charge in [0, 0.05) is 6.20 Å². The Morgan fingerprint density at radius 3 is 2.79 bits per heavy atom. The number of pyridine rings is 1. The van der Waals surface area contributed by atoms with Crippen molar-refractivity contribution in [3.05, 3.63) is 41.1 Å². The lowest BCUT2D eigenvalue weighted by atomic mass is 10.2. The average Bonchev–Trinajstić information content (AvgIpc) is 2.68. The van der Waals surface area contributed by atoms with Gasteiger partial charge in [-0.15, -0.1) is 0 Å². The van der Waals surface area contributed by atoms with Crippen molar-refractivity contribution in [1.29, 1.82) is 0 Å². The van der Waals surface area contributed by atoms with Crippen molar-refractivity contribution < 1.29 is 14.3 Å². The highest BCUT2D eigenvalue weighted by atomic mass is 19.1. The van der Waals surface area contributed by atoms with E-state index in [-0.39, 0.29) is 11.4 Å². The first-order valence-electron chi connectivity index (χ1n) is 5.71. The summed E-state index contributed by atoms with van der Waals surface area (Å²) in [4.78, 5) is 14.7. The second-order valence-corrected chi connectivity index (χ2v) is 4.01. The molecule has 0 saturated heterocycles. The van der Waals surface area contributed by atoms with Gasteiger partial charge in [0.2, 0.25) is 5.95 Å². The van der Waals surface area contributed by atoms with Gasteiger partial charge in [0.25, 0.3) is 0 Å². The maximum Gasteiger partial charge on any atom is 0.341 e. The molecular formula is C12H13FN4O2. The fourth-order valence-electron chi connectivity index (χ4n) is 1.91. The summed E-state index contributed by atoms with van der Waals surface area (Å²) in [5, 5.41) is 13.1. The van der Waals surface area contributed by atoms with Crippen LogP contribution in [0.15, 0.2) is 18.3 Å². The molecule has 2 aromatic heterocycles. The maximum absolute atomic E-state index is 12.7. The van der Waals surface area contributed by atoms with Crippen molar-refractivity contribution in [2.24, 2.45) is 0 Å². The largest absolute Gasteiger partial charge is 0.477 e. The number of nitrogens with zero attached hydrogens (tertiary/aromatic N) is 3. The second-order valence-electron chi connectivity index (χ2n) is 4.01. The number of hydrogen-bond donors (Lipinski definition) is 2. The molecule has 0 aliphatic heterocycles. The van der Waals surface area contributed by atoms with Gasteiger partial charge in [-0.1, -0.05) is 13.0 Å². The predicted octanol–water partition coefficient (Wildman–Crippen LogP) is 1.31. The van der Waals surface area contributed by atoms with Gasteiger partial charge in [-0.3, -0.25) is 4.68 Å². The van der Waals surface area contributed by atoms with Gasteiger partial charge in [-0.2, -0.15) is 9.49 Å². The van der Waals surface area contributed by atoms with Crippen LogP contribution in [0.5, 0.6) is 0 Å². The lowest BCUT2D eigenvalue weighted by molar-refractivity contribution is 0.0696. The van der Waals surface area contributed by atoms with Crippen LogP contribution < -0.4 is 5.73 Å². The Morgan fingerprint density at radius 2 is 2.26 bits per heavy atom. The summed E-state index contributed by atoms with van der Waals surface area (Å²) in [6.07, 6.45) is 1.87. The van der Waals surface area contributed by atoms with Crippen molar-refractivity contribution in [3.63, 3.8) is 0 Å². The number of aromatic nitrogens is 3. The normalized spacial score (nSPS) is 10.6. The molecule has 19 heavy (non-hydrogen) atoms. The van der Waals surface area contributed by atoms with Crippen LogP contribution in [0.3, 0.4) is 0 Å². The summed E-state index contributed by atoms with van der Waals surface area (Å²) in [7, 11) is 0. The molecule has 0 fully saturated rings. The monoisotopic (exact) mass is 264 g/mol. The highest BCUT2D eigenvalue weighted by Crippen LogP contribution is 2.18. The zero-order valence-corrected chi connectivity index (χ0v) is 10.3. The topological polar surface area (TPSA) is 94.0 Å². The number of anilines is 1. The predicted molar refractivity (Wildman–Crippen MR) is 66.3 cm³/mol. The third kappa shape index (κ3) is 2.54. The van der Waals surface area contributed by atoms with Crippen molar-refractivity contribution >= 4 is 11.8 Å². The third-order valence-electron chi connectivity index (χ3n) is 2.75. The molecule has 7 heteroatoms. The van der Waals surface area contributed by atoms with E-state index < -0.39 is 11.9 Å². The van der Waals surface area contributed by atoms with Crippen molar-refractivity contribution in [1.82, 2.24) is 14.8 Å². The molecule has 2 aromatic rings. The average molecular weight is 264 g/mol. The van der Waals surface area contributed by atoms with E-state index in [2.05, 4.69) is 10.1 Å². The van der Waals surface area contributed by atoms with E-state index in [4.69, 9.17) is 10.8 Å². The van der Waals surface area contributed by atoms with E-state index in [1.54, 1.807) is 6.07 Å². The summed E-state index contributed by atoms with van der Waals surface area (Å²) in [6.45, 7) is 2.12. The molecule has 6 nitrogen and oxygen atoms in total. The van der Waals surface area contributed by atoms with Crippen LogP contribution in [0.4, 0.5) is 10.2 Å². The minimum absolute atomic E-state index is 0.0144. The smallest absolute Gasteiger partial charge is 0.341 e. The summed E-state index contributed by atoms with van der Waals surface area (Å²) in [6, 6.07) is 2.81. The lowest BCUT2D eigenvalue weighted by Crippen LogP contribution is -2.08. The molecule has 3 N–H and O–H groups in total. The minimum atomic E-state index is -1.10. The fourth-order valence-corrected chi connectivity index (χ4v) is 1.91. The number of hydrogen-bond acceptors (Lipinski definition) is 4. The summed E-state index contributed by atoms with van der Waals surface area (Å²) >= 11 is 0. The van der Waals surface area contributed by atoms with Gasteiger partial charge in [-0.05, 0) is 18.1 Å². The van der Waals surface area contributed by atoms with E-state index in [9.17, 15) is 9.18 Å². The standard InChI is InChI=1S/C12H13FN4O2/c1-2-8-10(12(18)19)11(14)16-17(8)6-7-3-4-9(13)15-5-7/h3-5H,2,6H2,1H3,(H2,14,16)(H,18,19). The molecule has 0 aliphatic carbocycles. The number of nitrogens with two attached hydrogens (primary N) is 1. The fraction of sp³-hybridized carbons (Fsp3) is 0.250. The van der Waals surface area contributed by atoms with Gasteiger partial charge in [0.15, 0.2) is 5.82 Å². The van der Waals surface area contributed by atoms with Crippen LogP contribution in [0.25, 0.3) is 0 Å². The number of aromatic carboxylic acids is 1. The molecule has 100 valence electrons. The molecule has 0 atom stereocenters. The van der Waals surface area contributed by atoms with Crippen LogP contribution in [0, 0.1) is 5.95 Å². The summed E-state index contributed by atoms with van der Waals surface area (Å²) < 4.78 is 14.2. The number of halogens is 1. The Labute approximate surface area is 108 Å². The maximum atomic E-state index is 12.7. The molecule has 2 heterocycles. The summed E-state index contributed by atoms with van der Waals surface area (Å²) in [5.41, 5.74) is 6.89. The molecule has 0 saturated carbocycles. The molecule has 0 amide bonds. The van der Waals surface area contributed by atoms with Crippen LogP contribution in [0.2, 0.25) is 0 Å². The Kier molecular flexibility index (Phi) is 3.46. The van der Waals surface area contributed by atoms with E-state index >= 15 is 0 Å². The third-order valence-corrected chi connectivity index (χ3v) is 2.75. The molecule has 0 radical (unpaired) electrons. The first-order valence-corrected chi connectivity index (χ1v) is 5.71. The van der Waals surface area contributed by atoms with Crippen LogP contribution in [0.1, 0.15) is 28.5 Å². The van der Waals surface area contributed by atoms with Crippen molar-refractivity contribution in [2.45, 2.75) is 19.9 Å². The first kappa shape index (κ1) is 13.0. The van der Waals surface area contributed by atoms with Crippen molar-refractivity contribution in [3.8, 4) is 0 Å². The molecule has 0 bridgehead atoms. The van der Waals surface area contributed by atoms with E-state index in [1.807, 2.05) is 6.92 Å². The van der Waals surface area contributed by atoms with Gasteiger partial charge in [-0.25, -0.2) is 9.78 Å². The van der Waals surface area contributed by atoms with Gasteiger partial charge in [0.05, 0.1) is 12.2 Å². The van der Waals surface area contributed by atoms with E-state index in [0.717, 1.165) is 5.56 Å². The number of nitrogen functional groups attached to an aromatic ring is 1. The molecule has 0 spiro atoms. The lowest BCUT2D eigenvalue weighted by Gasteiger charge is -2.06. The summed E-state index contributed by atoms with van der Waals surface area (Å²) in [5.74, 6) is -1.68. The molecule has 0 aliphatic rings. The van der Waals surface area contributed by atoms with E-state index in [0.29, 0.717) is 18.7 Å². The van der Waals surface area contributed by atoms with Gasteiger partial charge in [0.1, 0.15) is 5.56 Å². The zero-order chi connectivity index (χ0) is 14.0. The Bertz CT molecular complexity index is 607. The van der Waals surface area contributed by atoms with Gasteiger partial charge >= 0.3 is 5.97 Å². The highest BCUT2D eigenvalue weighted by Gasteiger charge is 2.20. The van der Waals surface area contributed by atoms with Crippen molar-refractivity contribution in [2.75, 3.05) is 5.73 Å². The molecule has 0 unspecified atom stereocenters. The highest BCUT2D eigenvalue weighted by molar-refractivity contribution is 5.94. The number of carbonyl (C=O) groups is 1. The van der Waals surface area contributed by atoms with Crippen LogP contribution in [-0.4, -0.2) is 25.8 Å². The number of carboxylic acids is 1. The molecular weight excluding hydrogens is 251 g/mol. The van der Waals surface area contributed by atoms with Crippen LogP contribution >= 0.6 is 0 Å². The van der Waals surface area contributed by atoms with E-state index in [1.165, 1.54) is 16.9 Å². The SMILES string of the molecule is CCc1c(C(=O)O)c(N)nn1Cc1ccc(F)nc1. The Hall–Kier alpha value is -2.44. The Balaban J connectivity index is 2.37. The number of carboxylic acid groups (broad SMARTS) is 1. The number of rotatable bonds is 4.